The first-order valence-corrected chi connectivity index (χ1v) is 27.7. The minimum atomic E-state index is -4.61. The minimum Gasteiger partial charge on any atom is -0.463 e. The fourth-order valence-electron chi connectivity index (χ4n) is 7.32. The lowest BCUT2D eigenvalue weighted by atomic mass is 10.1. The number of ether oxygens (including phenoxy) is 7. The highest BCUT2D eigenvalue weighted by Gasteiger charge is 2.63. The third-order valence-corrected chi connectivity index (χ3v) is 15.1. The van der Waals surface area contributed by atoms with Crippen molar-refractivity contribution < 1.29 is 56.4 Å². The lowest BCUT2D eigenvalue weighted by molar-refractivity contribution is -0.208. The van der Waals surface area contributed by atoms with Crippen molar-refractivity contribution in [2.24, 2.45) is 0 Å². The van der Waals surface area contributed by atoms with E-state index in [4.69, 9.17) is 65.4 Å². The third-order valence-electron chi connectivity index (χ3n) is 10.3. The summed E-state index contributed by atoms with van der Waals surface area (Å²) in [5.41, 5.74) is -0.0802. The summed E-state index contributed by atoms with van der Waals surface area (Å²) in [6, 6.07) is 7.96. The van der Waals surface area contributed by atoms with E-state index in [1.54, 1.807) is 79.7 Å². The van der Waals surface area contributed by atoms with E-state index in [-0.39, 0.29) is 55.7 Å². The van der Waals surface area contributed by atoms with Crippen molar-refractivity contribution >= 4 is 67.8 Å². The summed E-state index contributed by atoms with van der Waals surface area (Å²) in [5, 5.41) is 14.8. The summed E-state index contributed by atoms with van der Waals surface area (Å²) < 4.78 is 73.0. The Hall–Kier alpha value is -3.67. The highest BCUT2D eigenvalue weighted by molar-refractivity contribution is 7.56. The molecule has 66 heavy (non-hydrogen) atoms. The van der Waals surface area contributed by atoms with Crippen molar-refractivity contribution in [3.05, 3.63) is 52.2 Å². The zero-order valence-electron chi connectivity index (χ0n) is 39.2. The molecule has 2 aliphatic heterocycles. The number of tetrazole rings is 1. The summed E-state index contributed by atoms with van der Waals surface area (Å²) in [6.45, 7) is 19.8. The normalized spacial score (nSPS) is 20.6. The van der Waals surface area contributed by atoms with Crippen molar-refractivity contribution in [2.45, 2.75) is 142 Å². The zero-order valence-corrected chi connectivity index (χ0v) is 42.6. The molecule has 25 heteroatoms. The Balaban J connectivity index is 1.38. The Kier molecular flexibility index (Phi) is 16.4. The van der Waals surface area contributed by atoms with Gasteiger partial charge in [-0.25, -0.2) is 19.0 Å². The quantitative estimate of drug-likeness (QED) is 0.0258. The number of esters is 1. The highest BCUT2D eigenvalue weighted by Crippen LogP contribution is 2.62. The maximum absolute atomic E-state index is 15.1. The smallest absolute Gasteiger partial charge is 0.416 e. The van der Waals surface area contributed by atoms with Gasteiger partial charge in [0.2, 0.25) is 5.28 Å². The van der Waals surface area contributed by atoms with Crippen molar-refractivity contribution in [2.75, 3.05) is 37.9 Å². The number of fused-ring (bicyclic) bond motifs is 2. The van der Waals surface area contributed by atoms with Crippen LogP contribution in [-0.4, -0.2) is 128 Å². The van der Waals surface area contributed by atoms with E-state index >= 15 is 4.57 Å². The molecule has 364 valence electrons. The second-order valence-electron chi connectivity index (χ2n) is 18.2. The maximum Gasteiger partial charge on any atom is 0.416 e. The van der Waals surface area contributed by atoms with Gasteiger partial charge in [0.25, 0.3) is 5.34 Å². The molecule has 1 unspecified atom stereocenters. The molecular weight excluding hydrogens is 940 g/mol. The number of hydrogen-bond donors (Lipinski definition) is 0. The molecule has 2 aliphatic rings. The standard InChI is InChI=1S/C41H60Cl2N9O12PSi/c1-12-57-36(53)41(65(55,59-13-2)60-14-3,21-30-47-48-49-51(30)25-56-19-20-66(9,10)11)58-24-29-31-32(63-40(7,8)62-31)35(61-29)52-34-27(22-44-52)33(45-37(43)46-34)50(38(54)64-39(4,5)6)23-26-17-15-16-18-28(26)42/h15-18,22,29,31-32,35H,12-14,19-21,23-25H2,1-11H3/t29-,31-,32-,35-,41?/m1/s1. The van der Waals surface area contributed by atoms with Gasteiger partial charge < -0.3 is 42.2 Å². The monoisotopic (exact) mass is 999 g/mol. The van der Waals surface area contributed by atoms with Gasteiger partial charge in [-0.3, -0.25) is 9.46 Å². The van der Waals surface area contributed by atoms with Gasteiger partial charge in [0.1, 0.15) is 30.6 Å². The lowest BCUT2D eigenvalue weighted by Crippen LogP contribution is -2.49. The summed E-state index contributed by atoms with van der Waals surface area (Å²) in [4.78, 5) is 38.7. The van der Waals surface area contributed by atoms with Crippen LogP contribution < -0.4 is 4.90 Å². The van der Waals surface area contributed by atoms with Crippen molar-refractivity contribution in [1.29, 1.82) is 0 Å². The molecule has 4 aromatic rings. The second-order valence-corrected chi connectivity index (χ2v) is 26.8. The highest BCUT2D eigenvalue weighted by atomic mass is 35.5. The first kappa shape index (κ1) is 51.7. The van der Waals surface area contributed by atoms with Gasteiger partial charge in [-0.2, -0.15) is 15.1 Å². The number of anilines is 1. The fourth-order valence-corrected chi connectivity index (χ4v) is 10.5. The molecule has 0 aliphatic carbocycles. The van der Waals surface area contributed by atoms with E-state index in [1.807, 2.05) is 0 Å². The zero-order chi connectivity index (χ0) is 48.2. The minimum absolute atomic E-state index is 0.0368. The van der Waals surface area contributed by atoms with E-state index in [0.717, 1.165) is 6.04 Å². The number of carbonyl (C=O) groups is 2. The Morgan fingerprint density at radius 3 is 2.35 bits per heavy atom. The average molecular weight is 1000 g/mol. The van der Waals surface area contributed by atoms with Crippen molar-refractivity contribution in [3.63, 3.8) is 0 Å². The number of rotatable bonds is 21. The Bertz CT molecular complexity index is 2370. The van der Waals surface area contributed by atoms with E-state index < -0.39 is 82.0 Å². The lowest BCUT2D eigenvalue weighted by Gasteiger charge is -2.37. The van der Waals surface area contributed by atoms with Crippen LogP contribution in [0.3, 0.4) is 0 Å². The molecule has 5 atom stereocenters. The Morgan fingerprint density at radius 1 is 1.00 bits per heavy atom. The molecule has 0 radical (unpaired) electrons. The summed E-state index contributed by atoms with van der Waals surface area (Å²) in [7, 11) is -6.03. The molecule has 1 aromatic carbocycles. The van der Waals surface area contributed by atoms with Crippen LogP contribution >= 0.6 is 30.8 Å². The molecular formula is C41H60Cl2N9O12PSi. The molecule has 3 aromatic heterocycles. The van der Waals surface area contributed by atoms with E-state index in [0.29, 0.717) is 22.6 Å². The molecule has 0 saturated carbocycles. The number of amides is 1. The third kappa shape index (κ3) is 11.8. The molecule has 5 heterocycles. The van der Waals surface area contributed by atoms with Gasteiger partial charge in [0.15, 0.2) is 29.3 Å². The number of carbonyl (C=O) groups excluding carboxylic acids is 2. The number of hydrogen-bond acceptors (Lipinski definition) is 18. The molecule has 6 rings (SSSR count). The molecule has 2 saturated heterocycles. The number of aromatic nitrogens is 8. The predicted molar refractivity (Wildman–Crippen MR) is 244 cm³/mol. The van der Waals surface area contributed by atoms with Crippen LogP contribution in [0.1, 0.15) is 73.0 Å². The van der Waals surface area contributed by atoms with Gasteiger partial charge in [0.05, 0.1) is 51.0 Å². The molecule has 1 amide bonds. The largest absolute Gasteiger partial charge is 0.463 e. The van der Waals surface area contributed by atoms with E-state index in [9.17, 15) is 9.59 Å². The average Bonchev–Trinajstić information content (AvgIpc) is 3.99. The van der Waals surface area contributed by atoms with Gasteiger partial charge in [0, 0.05) is 19.7 Å². The molecule has 0 N–H and O–H groups in total. The fraction of sp³-hybridized carbons (Fsp3) is 0.659. The van der Waals surface area contributed by atoms with E-state index in [2.05, 4.69) is 50.2 Å². The molecule has 0 bridgehead atoms. The van der Waals surface area contributed by atoms with Crippen LogP contribution in [0.25, 0.3) is 11.0 Å². The topological polar surface area (TPSA) is 225 Å². The van der Waals surface area contributed by atoms with Gasteiger partial charge in [-0.05, 0) is 95.1 Å². The van der Waals surface area contributed by atoms with Gasteiger partial charge in [-0.15, -0.1) is 5.10 Å². The van der Waals surface area contributed by atoms with Crippen molar-refractivity contribution in [3.8, 4) is 0 Å². The second kappa shape index (κ2) is 20.9. The molecule has 2 fully saturated rings. The summed E-state index contributed by atoms with van der Waals surface area (Å²) in [6.07, 6.45) is -3.57. The Morgan fingerprint density at radius 2 is 1.70 bits per heavy atom. The summed E-state index contributed by atoms with van der Waals surface area (Å²) >= 11 is 13.2. The van der Waals surface area contributed by atoms with Gasteiger partial charge in [-0.1, -0.05) is 49.4 Å². The van der Waals surface area contributed by atoms with Gasteiger partial charge >= 0.3 is 19.7 Å². The molecule has 21 nitrogen and oxygen atoms in total. The van der Waals surface area contributed by atoms with Crippen LogP contribution in [0.4, 0.5) is 10.6 Å². The number of halogens is 2. The van der Waals surface area contributed by atoms with Crippen LogP contribution in [0.15, 0.2) is 30.5 Å². The summed E-state index contributed by atoms with van der Waals surface area (Å²) in [5.74, 6) is -2.00. The van der Waals surface area contributed by atoms with Crippen LogP contribution in [0.2, 0.25) is 36.0 Å². The number of benzene rings is 1. The Labute approximate surface area is 394 Å². The molecule has 0 spiro atoms. The first-order chi connectivity index (χ1) is 31.0. The maximum atomic E-state index is 15.1. The predicted octanol–water partition coefficient (Wildman–Crippen LogP) is 7.58. The number of nitrogens with zero attached hydrogens (tertiary/aromatic N) is 9. The van der Waals surface area contributed by atoms with Crippen LogP contribution in [-0.2, 0) is 71.3 Å². The van der Waals surface area contributed by atoms with Crippen molar-refractivity contribution in [1.82, 2.24) is 40.0 Å². The van der Waals surface area contributed by atoms with Crippen LogP contribution in [0, 0.1) is 0 Å². The SMILES string of the molecule is CCOC(=O)C(Cc1nnnn1COCC[Si](C)(C)C)(OC[C@H]1O[C@@H](n2ncc3c(N(Cc4ccccc4Cl)C(=O)OC(C)(C)C)nc(Cl)nc32)[C@@H]2OC(C)(C)O[C@@H]21)P(=O)(OCC)OCC. The van der Waals surface area contributed by atoms with Crippen LogP contribution in [0.5, 0.6) is 0 Å². The van der Waals surface area contributed by atoms with E-state index in [1.165, 1.54) is 20.5 Å². The first-order valence-electron chi connectivity index (χ1n) is 21.7.